The van der Waals surface area contributed by atoms with Gasteiger partial charge in [0.1, 0.15) is 0 Å². The van der Waals surface area contributed by atoms with Crippen molar-refractivity contribution < 1.29 is 13.6 Å². The molecule has 2 aliphatic carbocycles. The van der Waals surface area contributed by atoms with E-state index >= 15 is 0 Å². The number of nitrogens with zero attached hydrogens (tertiary/aromatic N) is 3. The zero-order chi connectivity index (χ0) is 19.8. The van der Waals surface area contributed by atoms with E-state index in [-0.39, 0.29) is 5.41 Å². The topological polar surface area (TPSA) is 85.8 Å². The third-order valence-corrected chi connectivity index (χ3v) is 5.23. The molecule has 0 fully saturated rings. The minimum atomic E-state index is -2.56. The quantitative estimate of drug-likeness (QED) is 0.675. The highest BCUT2D eigenvalue weighted by Crippen LogP contribution is 2.44. The SMILES string of the molecule is CC1(C)CCc2c1nc1c(c2NC(N)=O)CCC1.FC(F)n1cc(S)cn1. The summed E-state index contributed by atoms with van der Waals surface area (Å²) in [5.74, 6) is 0. The number of fused-ring (bicyclic) bond motifs is 2. The van der Waals surface area contributed by atoms with Crippen molar-refractivity contribution in [3.8, 4) is 0 Å². The zero-order valence-corrected chi connectivity index (χ0v) is 16.2. The number of thiol groups is 1. The fourth-order valence-electron chi connectivity index (χ4n) is 3.69. The van der Waals surface area contributed by atoms with Crippen LogP contribution in [0.15, 0.2) is 17.3 Å². The lowest BCUT2D eigenvalue weighted by Crippen LogP contribution is -2.22. The lowest BCUT2D eigenvalue weighted by molar-refractivity contribution is 0.0564. The fourth-order valence-corrected chi connectivity index (χ4v) is 3.86. The summed E-state index contributed by atoms with van der Waals surface area (Å²) in [5.41, 5.74) is 11.1. The van der Waals surface area contributed by atoms with E-state index in [0.29, 0.717) is 9.58 Å². The van der Waals surface area contributed by atoms with Crippen molar-refractivity contribution in [3.05, 3.63) is 34.9 Å². The Balaban J connectivity index is 0.000000197. The molecule has 3 N–H and O–H groups in total. The smallest absolute Gasteiger partial charge is 0.333 e. The predicted molar refractivity (Wildman–Crippen MR) is 102 cm³/mol. The van der Waals surface area contributed by atoms with Crippen molar-refractivity contribution in [1.82, 2.24) is 14.8 Å². The number of halogens is 2. The van der Waals surface area contributed by atoms with Gasteiger partial charge in [-0.1, -0.05) is 13.8 Å². The third-order valence-electron chi connectivity index (χ3n) is 5.00. The number of aryl methyl sites for hydroxylation is 1. The fraction of sp³-hybridized carbons (Fsp3) is 0.500. The van der Waals surface area contributed by atoms with Crippen LogP contribution < -0.4 is 11.1 Å². The highest BCUT2D eigenvalue weighted by molar-refractivity contribution is 7.80. The van der Waals surface area contributed by atoms with Crippen molar-refractivity contribution in [2.24, 2.45) is 5.73 Å². The molecule has 0 spiro atoms. The number of primary amides is 1. The number of urea groups is 1. The van der Waals surface area contributed by atoms with Crippen molar-refractivity contribution in [1.29, 1.82) is 0 Å². The first-order valence-electron chi connectivity index (χ1n) is 8.82. The van der Waals surface area contributed by atoms with Gasteiger partial charge in [0.25, 0.3) is 0 Å². The standard InChI is InChI=1S/C14H19N3O.C4H4F2N2S/c1-14(2)7-6-9-11(17-13(15)18)8-4-3-5-10(8)16-12(9)14;5-4(6)8-2-3(9)1-7-8/h3-7H2,1-2H3,(H3,15,16,17,18);1-2,4,9H. The van der Waals surface area contributed by atoms with E-state index in [0.717, 1.165) is 55.4 Å². The second kappa shape index (κ2) is 7.46. The van der Waals surface area contributed by atoms with Crippen molar-refractivity contribution in [3.63, 3.8) is 0 Å². The molecule has 0 radical (unpaired) electrons. The molecule has 0 aliphatic heterocycles. The third kappa shape index (κ3) is 4.07. The average molecular weight is 395 g/mol. The molecule has 9 heteroatoms. The molecule has 2 heterocycles. The van der Waals surface area contributed by atoms with Gasteiger partial charge in [0.15, 0.2) is 0 Å². The van der Waals surface area contributed by atoms with Crippen LogP contribution in [0.4, 0.5) is 19.3 Å². The average Bonchev–Trinajstić information content (AvgIpc) is 3.27. The second-order valence-corrected chi connectivity index (χ2v) is 7.94. The van der Waals surface area contributed by atoms with Crippen LogP contribution >= 0.6 is 12.6 Å². The normalized spacial score (nSPS) is 16.5. The van der Waals surface area contributed by atoms with Crippen LogP contribution in [0, 0.1) is 0 Å². The van der Waals surface area contributed by atoms with Gasteiger partial charge < -0.3 is 11.1 Å². The number of hydrogen-bond donors (Lipinski definition) is 3. The first-order valence-corrected chi connectivity index (χ1v) is 9.26. The first-order chi connectivity index (χ1) is 12.7. The summed E-state index contributed by atoms with van der Waals surface area (Å²) in [5, 5.41) is 6.15. The summed E-state index contributed by atoms with van der Waals surface area (Å²) in [6.45, 7) is 1.88. The van der Waals surface area contributed by atoms with Crippen LogP contribution in [0.2, 0.25) is 0 Å². The summed E-state index contributed by atoms with van der Waals surface area (Å²) in [7, 11) is 0. The van der Waals surface area contributed by atoms with Gasteiger partial charge >= 0.3 is 12.6 Å². The maximum absolute atomic E-state index is 11.6. The molecule has 0 atom stereocenters. The summed E-state index contributed by atoms with van der Waals surface area (Å²) in [4.78, 5) is 16.5. The van der Waals surface area contributed by atoms with E-state index in [4.69, 9.17) is 10.7 Å². The first kappa shape index (κ1) is 19.6. The minimum absolute atomic E-state index is 0.112. The molecule has 2 aromatic heterocycles. The van der Waals surface area contributed by atoms with E-state index in [2.05, 4.69) is 36.9 Å². The Hall–Kier alpha value is -2.16. The number of nitrogens with one attached hydrogen (secondary N) is 1. The maximum atomic E-state index is 11.6. The molecule has 6 nitrogen and oxygen atoms in total. The Morgan fingerprint density at radius 1 is 1.33 bits per heavy atom. The lowest BCUT2D eigenvalue weighted by Gasteiger charge is -2.20. The number of carbonyl (C=O) groups is 1. The summed E-state index contributed by atoms with van der Waals surface area (Å²) in [6, 6.07) is -0.470. The van der Waals surface area contributed by atoms with Gasteiger partial charge in [-0.2, -0.15) is 13.9 Å². The van der Waals surface area contributed by atoms with E-state index < -0.39 is 12.6 Å². The number of amides is 2. The molecule has 0 saturated carbocycles. The molecule has 0 saturated heterocycles. The molecular formula is C18H23F2N5OS. The van der Waals surface area contributed by atoms with Gasteiger partial charge in [0, 0.05) is 22.2 Å². The maximum Gasteiger partial charge on any atom is 0.333 e. The number of carbonyl (C=O) groups excluding carboxylic acids is 1. The number of anilines is 1. The van der Waals surface area contributed by atoms with Crippen LogP contribution in [0.3, 0.4) is 0 Å². The van der Waals surface area contributed by atoms with E-state index in [9.17, 15) is 13.6 Å². The molecule has 2 aliphatic rings. The van der Waals surface area contributed by atoms with Crippen LogP contribution in [0.25, 0.3) is 0 Å². The number of aromatic nitrogens is 3. The Morgan fingerprint density at radius 2 is 2.07 bits per heavy atom. The predicted octanol–water partition coefficient (Wildman–Crippen LogP) is 3.85. The van der Waals surface area contributed by atoms with Gasteiger partial charge in [-0.25, -0.2) is 9.48 Å². The number of alkyl halides is 2. The Kier molecular flexibility index (Phi) is 5.41. The number of rotatable bonds is 2. The highest BCUT2D eigenvalue weighted by atomic mass is 32.1. The van der Waals surface area contributed by atoms with Crippen molar-refractivity contribution >= 4 is 24.3 Å². The lowest BCUT2D eigenvalue weighted by atomic mass is 9.90. The zero-order valence-electron chi connectivity index (χ0n) is 15.3. The van der Waals surface area contributed by atoms with Gasteiger partial charge in [-0.05, 0) is 43.2 Å². The Morgan fingerprint density at radius 3 is 2.63 bits per heavy atom. The monoisotopic (exact) mass is 395 g/mol. The van der Waals surface area contributed by atoms with E-state index in [1.54, 1.807) is 0 Å². The Bertz CT molecular complexity index is 866. The molecule has 2 aromatic rings. The molecule has 27 heavy (non-hydrogen) atoms. The molecule has 0 bridgehead atoms. The molecule has 2 amide bonds. The van der Waals surface area contributed by atoms with Crippen molar-refractivity contribution in [2.45, 2.75) is 62.8 Å². The molecule has 4 rings (SSSR count). The van der Waals surface area contributed by atoms with Gasteiger partial charge in [0.05, 0.1) is 17.6 Å². The number of nitrogens with two attached hydrogens (primary N) is 1. The minimum Gasteiger partial charge on any atom is -0.351 e. The number of hydrogen-bond acceptors (Lipinski definition) is 4. The summed E-state index contributed by atoms with van der Waals surface area (Å²) in [6.07, 6.45) is 7.64. The van der Waals surface area contributed by atoms with E-state index in [1.807, 2.05) is 0 Å². The van der Waals surface area contributed by atoms with Crippen LogP contribution in [0.1, 0.15) is 55.8 Å². The van der Waals surface area contributed by atoms with Gasteiger partial charge in [-0.15, -0.1) is 12.6 Å². The van der Waals surface area contributed by atoms with Gasteiger partial charge in [0.2, 0.25) is 0 Å². The van der Waals surface area contributed by atoms with Crippen LogP contribution in [-0.2, 0) is 24.7 Å². The summed E-state index contributed by atoms with van der Waals surface area (Å²) >= 11 is 3.78. The second-order valence-electron chi connectivity index (χ2n) is 7.42. The highest BCUT2D eigenvalue weighted by Gasteiger charge is 2.36. The van der Waals surface area contributed by atoms with Crippen molar-refractivity contribution in [2.75, 3.05) is 5.32 Å². The molecule has 0 aromatic carbocycles. The molecule has 146 valence electrons. The van der Waals surface area contributed by atoms with Crippen LogP contribution in [0.5, 0.6) is 0 Å². The van der Waals surface area contributed by atoms with Crippen LogP contribution in [-0.4, -0.2) is 20.8 Å². The molecule has 0 unspecified atom stereocenters. The largest absolute Gasteiger partial charge is 0.351 e. The Labute approximate surface area is 161 Å². The molecular weight excluding hydrogens is 372 g/mol. The summed E-state index contributed by atoms with van der Waals surface area (Å²) < 4.78 is 23.8. The van der Waals surface area contributed by atoms with Gasteiger partial charge in [-0.3, -0.25) is 4.98 Å². The number of pyridine rings is 1. The van der Waals surface area contributed by atoms with E-state index in [1.165, 1.54) is 17.3 Å².